The lowest BCUT2D eigenvalue weighted by molar-refractivity contribution is 0.675. The summed E-state index contributed by atoms with van der Waals surface area (Å²) in [6.45, 7) is 12.8. The average molecular weight is 139 g/mol. The van der Waals surface area contributed by atoms with Crippen molar-refractivity contribution in [3.8, 4) is 0 Å². The Morgan fingerprint density at radius 2 is 1.90 bits per heavy atom. The van der Waals surface area contributed by atoms with E-state index in [0.29, 0.717) is 11.8 Å². The van der Waals surface area contributed by atoms with Crippen molar-refractivity contribution >= 4 is 0 Å². The molecule has 0 rings (SSSR count). The summed E-state index contributed by atoms with van der Waals surface area (Å²) in [5.74, 6) is 1.30. The van der Waals surface area contributed by atoms with Crippen molar-refractivity contribution in [2.24, 2.45) is 11.8 Å². The molecule has 0 bridgehead atoms. The van der Waals surface area contributed by atoms with Crippen molar-refractivity contribution in [2.45, 2.75) is 34.1 Å². The van der Waals surface area contributed by atoms with Gasteiger partial charge >= 0.3 is 0 Å². The third kappa shape index (κ3) is 3.71. The highest BCUT2D eigenvalue weighted by Gasteiger charge is 1.98. The first-order valence-corrected chi connectivity index (χ1v) is 4.11. The van der Waals surface area contributed by atoms with E-state index in [1.54, 1.807) is 0 Å². The molecule has 0 nitrogen and oxygen atoms in total. The summed E-state index contributed by atoms with van der Waals surface area (Å²) in [7, 11) is 0. The third-order valence-electron chi connectivity index (χ3n) is 1.88. The van der Waals surface area contributed by atoms with Gasteiger partial charge in [0.05, 0.1) is 0 Å². The van der Waals surface area contributed by atoms with Gasteiger partial charge in [-0.15, -0.1) is 0 Å². The predicted molar refractivity (Wildman–Crippen MR) is 47.7 cm³/mol. The van der Waals surface area contributed by atoms with Crippen molar-refractivity contribution in [1.82, 2.24) is 0 Å². The Hall–Kier alpha value is -0.260. The molecule has 0 aromatic heterocycles. The molecular weight excluding hydrogens is 120 g/mol. The van der Waals surface area contributed by atoms with Crippen molar-refractivity contribution < 1.29 is 0 Å². The maximum Gasteiger partial charge on any atom is -0.0260 e. The van der Waals surface area contributed by atoms with E-state index in [4.69, 9.17) is 0 Å². The van der Waals surface area contributed by atoms with Crippen molar-refractivity contribution in [3.63, 3.8) is 0 Å². The smallest absolute Gasteiger partial charge is 0.0260 e. The maximum absolute atomic E-state index is 3.99. The van der Waals surface area contributed by atoms with Gasteiger partial charge in [-0.05, 0) is 18.8 Å². The predicted octanol–water partition coefficient (Wildman–Crippen LogP) is 3.45. The molecule has 1 unspecified atom stereocenters. The fourth-order valence-electron chi connectivity index (χ4n) is 0.676. The Morgan fingerprint density at radius 1 is 1.40 bits per heavy atom. The van der Waals surface area contributed by atoms with Gasteiger partial charge in [0.25, 0.3) is 0 Å². The molecule has 0 aliphatic heterocycles. The van der Waals surface area contributed by atoms with Gasteiger partial charge in [-0.3, -0.25) is 0 Å². The zero-order valence-corrected chi connectivity index (χ0v) is 7.65. The van der Waals surface area contributed by atoms with Crippen molar-refractivity contribution in [3.05, 3.63) is 18.6 Å². The van der Waals surface area contributed by atoms with E-state index in [0.717, 1.165) is 0 Å². The Labute approximate surface area is 65.3 Å². The number of allylic oxidation sites excluding steroid dienone is 2. The first kappa shape index (κ1) is 9.74. The molecule has 0 fully saturated rings. The summed E-state index contributed by atoms with van der Waals surface area (Å²) in [4.78, 5) is 0. The van der Waals surface area contributed by atoms with Crippen molar-refractivity contribution in [2.75, 3.05) is 0 Å². The molecule has 0 spiro atoms. The Morgan fingerprint density at radius 3 is 2.20 bits per heavy atom. The fourth-order valence-corrected chi connectivity index (χ4v) is 0.676. The highest BCUT2D eigenvalue weighted by molar-refractivity contribution is 5.09. The van der Waals surface area contributed by atoms with Crippen LogP contribution in [0.3, 0.4) is 0 Å². The molecule has 1 radical (unpaired) electrons. The normalized spacial score (nSPS) is 16.0. The van der Waals surface area contributed by atoms with Crippen LogP contribution in [0.1, 0.15) is 34.1 Å². The van der Waals surface area contributed by atoms with Gasteiger partial charge in [0, 0.05) is 0 Å². The minimum Gasteiger partial charge on any atom is -0.0822 e. The standard InChI is InChI=1S/C10H19/c1-6-9(4)7-10(5)8(2)3/h7-9H,5-6H2,1-4H3. The lowest BCUT2D eigenvalue weighted by Crippen LogP contribution is -1.93. The van der Waals surface area contributed by atoms with Crippen LogP contribution >= 0.6 is 0 Å². The van der Waals surface area contributed by atoms with E-state index >= 15 is 0 Å². The summed E-state index contributed by atoms with van der Waals surface area (Å²) in [5, 5.41) is 0. The minimum absolute atomic E-state index is 0.606. The zero-order valence-electron chi connectivity index (χ0n) is 7.65. The van der Waals surface area contributed by atoms with Crippen LogP contribution in [-0.4, -0.2) is 0 Å². The SMILES string of the molecule is [CH2]C(=CC(C)CC)C(C)C. The first-order chi connectivity index (χ1) is 4.57. The summed E-state index contributed by atoms with van der Waals surface area (Å²) in [6.07, 6.45) is 3.48. The van der Waals surface area contributed by atoms with Gasteiger partial charge in [-0.25, -0.2) is 0 Å². The number of hydrogen-bond donors (Lipinski definition) is 0. The van der Waals surface area contributed by atoms with Crippen LogP contribution in [0.4, 0.5) is 0 Å². The molecule has 0 saturated heterocycles. The van der Waals surface area contributed by atoms with E-state index < -0.39 is 0 Å². The average Bonchev–Trinajstić information content (AvgIpc) is 1.87. The number of hydrogen-bond acceptors (Lipinski definition) is 0. The van der Waals surface area contributed by atoms with Crippen LogP contribution < -0.4 is 0 Å². The summed E-state index contributed by atoms with van der Waals surface area (Å²) >= 11 is 0. The second kappa shape index (κ2) is 4.54. The van der Waals surface area contributed by atoms with Crippen molar-refractivity contribution in [1.29, 1.82) is 0 Å². The molecule has 0 aliphatic rings. The van der Waals surface area contributed by atoms with Gasteiger partial charge < -0.3 is 0 Å². The molecule has 1 atom stereocenters. The highest BCUT2D eigenvalue weighted by atomic mass is 14.0. The summed E-state index contributed by atoms with van der Waals surface area (Å²) in [6, 6.07) is 0. The summed E-state index contributed by atoms with van der Waals surface area (Å²) < 4.78 is 0. The maximum atomic E-state index is 3.99. The van der Waals surface area contributed by atoms with E-state index in [2.05, 4.69) is 40.7 Å². The van der Waals surface area contributed by atoms with Gasteiger partial charge in [0.15, 0.2) is 0 Å². The molecule has 0 aromatic rings. The van der Waals surface area contributed by atoms with E-state index in [9.17, 15) is 0 Å². The molecule has 0 aliphatic carbocycles. The molecule has 0 N–H and O–H groups in total. The third-order valence-corrected chi connectivity index (χ3v) is 1.88. The molecule has 10 heavy (non-hydrogen) atoms. The Balaban J connectivity index is 3.89. The van der Waals surface area contributed by atoms with Crippen LogP contribution in [0.5, 0.6) is 0 Å². The lowest BCUT2D eigenvalue weighted by Gasteiger charge is -2.07. The number of rotatable bonds is 3. The van der Waals surface area contributed by atoms with Gasteiger partial charge in [-0.1, -0.05) is 45.8 Å². The molecule has 0 saturated carbocycles. The first-order valence-electron chi connectivity index (χ1n) is 4.11. The molecule has 0 amide bonds. The second-order valence-corrected chi connectivity index (χ2v) is 3.28. The Bertz CT molecular complexity index is 109. The van der Waals surface area contributed by atoms with E-state index in [1.165, 1.54) is 12.0 Å². The highest BCUT2D eigenvalue weighted by Crippen LogP contribution is 2.12. The second-order valence-electron chi connectivity index (χ2n) is 3.28. The summed E-state index contributed by atoms with van der Waals surface area (Å²) in [5.41, 5.74) is 1.27. The minimum atomic E-state index is 0.606. The van der Waals surface area contributed by atoms with Gasteiger partial charge in [-0.2, -0.15) is 0 Å². The topological polar surface area (TPSA) is 0 Å². The molecule has 59 valence electrons. The zero-order chi connectivity index (χ0) is 8.15. The molecule has 0 aromatic carbocycles. The molecule has 0 heteroatoms. The van der Waals surface area contributed by atoms with Crippen LogP contribution in [0.15, 0.2) is 11.6 Å². The van der Waals surface area contributed by atoms with Gasteiger partial charge in [0.2, 0.25) is 0 Å². The van der Waals surface area contributed by atoms with Crippen LogP contribution in [0, 0.1) is 18.8 Å². The van der Waals surface area contributed by atoms with Crippen LogP contribution in [0.25, 0.3) is 0 Å². The Kier molecular flexibility index (Phi) is 4.42. The van der Waals surface area contributed by atoms with E-state index in [-0.39, 0.29) is 0 Å². The molecular formula is C10H19. The fraction of sp³-hybridized carbons (Fsp3) is 0.700. The monoisotopic (exact) mass is 139 g/mol. The largest absolute Gasteiger partial charge is 0.0822 e. The quantitative estimate of drug-likeness (QED) is 0.562. The van der Waals surface area contributed by atoms with E-state index in [1.807, 2.05) is 0 Å². The van der Waals surface area contributed by atoms with Crippen LogP contribution in [0.2, 0.25) is 0 Å². The van der Waals surface area contributed by atoms with Crippen LogP contribution in [-0.2, 0) is 0 Å². The lowest BCUT2D eigenvalue weighted by atomic mass is 9.99. The molecule has 0 heterocycles. The van der Waals surface area contributed by atoms with Gasteiger partial charge in [0.1, 0.15) is 0 Å².